The lowest BCUT2D eigenvalue weighted by molar-refractivity contribution is -0.143. The number of aliphatic carboxylic acids is 1. The van der Waals surface area contributed by atoms with Gasteiger partial charge in [0.1, 0.15) is 0 Å². The van der Waals surface area contributed by atoms with Crippen LogP contribution in [-0.2, 0) is 17.1 Å². The largest absolute Gasteiger partial charge is 0.481 e. The molecule has 1 rings (SSSR count). The smallest absolute Gasteiger partial charge is 0.416 e. The predicted molar refractivity (Wildman–Crippen MR) is 57.0 cm³/mol. The zero-order valence-corrected chi connectivity index (χ0v) is 9.96. The van der Waals surface area contributed by atoms with Gasteiger partial charge in [-0.1, -0.05) is 5.16 Å². The number of carbonyl (C=O) groups is 1. The van der Waals surface area contributed by atoms with Gasteiger partial charge in [-0.3, -0.25) is 4.79 Å². The fourth-order valence-corrected chi connectivity index (χ4v) is 1.46. The molecule has 0 aliphatic rings. The average Bonchev–Trinajstić information content (AvgIpc) is 2.33. The summed E-state index contributed by atoms with van der Waals surface area (Å²) < 4.78 is 75.5. The SMILES string of the molecule is O=C(O)C/C(=N/O)c1cc(C(F)(F)F)cc(C(F)(F)F)c1. The van der Waals surface area contributed by atoms with E-state index in [4.69, 9.17) is 10.3 Å². The predicted octanol–water partition coefficient (Wildman–Crippen LogP) is 3.38. The van der Waals surface area contributed by atoms with E-state index in [-0.39, 0.29) is 18.2 Å². The normalized spacial score (nSPS) is 13.3. The molecule has 0 aromatic heterocycles. The van der Waals surface area contributed by atoms with E-state index in [1.165, 1.54) is 0 Å². The highest BCUT2D eigenvalue weighted by molar-refractivity contribution is 6.08. The molecule has 0 atom stereocenters. The van der Waals surface area contributed by atoms with Crippen LogP contribution in [0.1, 0.15) is 23.1 Å². The molecule has 0 radical (unpaired) electrons. The van der Waals surface area contributed by atoms with Gasteiger partial charge in [0, 0.05) is 5.56 Å². The van der Waals surface area contributed by atoms with E-state index in [1.54, 1.807) is 0 Å². The van der Waals surface area contributed by atoms with Crippen molar-refractivity contribution in [1.82, 2.24) is 0 Å². The van der Waals surface area contributed by atoms with Crippen LogP contribution in [0.15, 0.2) is 23.4 Å². The molecular weight excluding hydrogens is 308 g/mol. The molecule has 0 aliphatic carbocycles. The number of carboxylic acids is 1. The number of carboxylic acid groups (broad SMARTS) is 1. The second kappa shape index (κ2) is 5.62. The van der Waals surface area contributed by atoms with Crippen LogP contribution < -0.4 is 0 Å². The first-order valence-electron chi connectivity index (χ1n) is 5.17. The zero-order chi connectivity index (χ0) is 16.4. The molecule has 2 N–H and O–H groups in total. The number of halogens is 6. The molecule has 4 nitrogen and oxygen atoms in total. The number of oxime groups is 1. The summed E-state index contributed by atoms with van der Waals surface area (Å²) in [5.41, 5.74) is -4.85. The molecule has 0 saturated heterocycles. The van der Waals surface area contributed by atoms with Crippen LogP contribution in [-0.4, -0.2) is 22.0 Å². The van der Waals surface area contributed by atoms with Crippen molar-refractivity contribution in [3.63, 3.8) is 0 Å². The van der Waals surface area contributed by atoms with Crippen molar-refractivity contribution in [1.29, 1.82) is 0 Å². The topological polar surface area (TPSA) is 69.9 Å². The molecule has 0 unspecified atom stereocenters. The van der Waals surface area contributed by atoms with Crippen LogP contribution in [0.3, 0.4) is 0 Å². The Balaban J connectivity index is 3.48. The lowest BCUT2D eigenvalue weighted by Gasteiger charge is -2.14. The highest BCUT2D eigenvalue weighted by Crippen LogP contribution is 2.36. The number of rotatable bonds is 3. The Kier molecular flexibility index (Phi) is 4.49. The molecule has 0 saturated carbocycles. The van der Waals surface area contributed by atoms with E-state index in [0.29, 0.717) is 0 Å². The molecule has 0 spiro atoms. The summed E-state index contributed by atoms with van der Waals surface area (Å²) in [4.78, 5) is 10.5. The minimum absolute atomic E-state index is 0.112. The van der Waals surface area contributed by atoms with Crippen LogP contribution in [0.4, 0.5) is 26.3 Å². The number of nitrogens with zero attached hydrogens (tertiary/aromatic N) is 1. The van der Waals surface area contributed by atoms with Crippen molar-refractivity contribution in [3.8, 4) is 0 Å². The summed E-state index contributed by atoms with van der Waals surface area (Å²) in [5.74, 6) is -1.58. The quantitative estimate of drug-likeness (QED) is 0.389. The van der Waals surface area contributed by atoms with E-state index < -0.39 is 47.1 Å². The van der Waals surface area contributed by atoms with Gasteiger partial charge < -0.3 is 10.3 Å². The second-order valence-corrected chi connectivity index (χ2v) is 3.91. The first-order chi connectivity index (χ1) is 9.45. The number of hydrogen-bond donors (Lipinski definition) is 2. The Labute approximate surface area is 113 Å². The third-order valence-corrected chi connectivity index (χ3v) is 2.36. The maximum Gasteiger partial charge on any atom is 0.416 e. The molecule has 0 bridgehead atoms. The standard InChI is InChI=1S/C11H7F6NO3/c12-10(13,14)6-1-5(8(18-21)4-9(19)20)2-7(3-6)11(15,16)17/h1-3,21H,4H2,(H,19,20)/b18-8-. The second-order valence-electron chi connectivity index (χ2n) is 3.91. The highest BCUT2D eigenvalue weighted by atomic mass is 19.4. The third kappa shape index (κ3) is 4.36. The maximum atomic E-state index is 12.6. The molecule has 0 heterocycles. The molecule has 0 amide bonds. The molecule has 10 heteroatoms. The van der Waals surface area contributed by atoms with Crippen LogP contribution >= 0.6 is 0 Å². The monoisotopic (exact) mass is 315 g/mol. The maximum absolute atomic E-state index is 12.6. The molecule has 0 aliphatic heterocycles. The Morgan fingerprint density at radius 2 is 1.43 bits per heavy atom. The first-order valence-corrected chi connectivity index (χ1v) is 5.17. The van der Waals surface area contributed by atoms with Gasteiger partial charge in [0.15, 0.2) is 0 Å². The van der Waals surface area contributed by atoms with Crippen LogP contribution in [0.2, 0.25) is 0 Å². The summed E-state index contributed by atoms with van der Waals surface area (Å²) in [7, 11) is 0. The molecule has 1 aromatic carbocycles. The van der Waals surface area contributed by atoms with Gasteiger partial charge in [-0.15, -0.1) is 0 Å². The zero-order valence-electron chi connectivity index (χ0n) is 9.96. The van der Waals surface area contributed by atoms with E-state index >= 15 is 0 Å². The summed E-state index contributed by atoms with van der Waals surface area (Å²) in [5, 5.41) is 19.5. The fraction of sp³-hybridized carbons (Fsp3) is 0.273. The van der Waals surface area contributed by atoms with E-state index in [2.05, 4.69) is 5.16 Å². The molecule has 1 aromatic rings. The molecule has 0 fully saturated rings. The minimum atomic E-state index is -5.07. The van der Waals surface area contributed by atoms with Crippen LogP contribution in [0.25, 0.3) is 0 Å². The van der Waals surface area contributed by atoms with Crippen molar-refractivity contribution in [2.75, 3.05) is 0 Å². The van der Waals surface area contributed by atoms with E-state index in [9.17, 15) is 31.1 Å². The lowest BCUT2D eigenvalue weighted by Crippen LogP contribution is -2.15. The molecule has 21 heavy (non-hydrogen) atoms. The molecule has 116 valence electrons. The first kappa shape index (κ1) is 16.8. The summed E-state index contributed by atoms with van der Waals surface area (Å²) in [6.07, 6.45) is -11.2. The van der Waals surface area contributed by atoms with Gasteiger partial charge >= 0.3 is 18.3 Å². The van der Waals surface area contributed by atoms with Crippen molar-refractivity contribution in [2.45, 2.75) is 18.8 Å². The lowest BCUT2D eigenvalue weighted by atomic mass is 10.00. The van der Waals surface area contributed by atoms with Crippen molar-refractivity contribution in [3.05, 3.63) is 34.9 Å². The number of benzene rings is 1. The van der Waals surface area contributed by atoms with Gasteiger partial charge in [0.25, 0.3) is 0 Å². The number of alkyl halides is 6. The Morgan fingerprint density at radius 1 is 1.00 bits per heavy atom. The van der Waals surface area contributed by atoms with Crippen LogP contribution in [0, 0.1) is 0 Å². The Morgan fingerprint density at radius 3 is 1.71 bits per heavy atom. The summed E-state index contributed by atoms with van der Waals surface area (Å²) in [6.45, 7) is 0. The molecular formula is C11H7F6NO3. The van der Waals surface area contributed by atoms with Gasteiger partial charge in [-0.25, -0.2) is 0 Å². The van der Waals surface area contributed by atoms with Gasteiger partial charge in [0.05, 0.1) is 23.3 Å². The number of hydrogen-bond acceptors (Lipinski definition) is 3. The van der Waals surface area contributed by atoms with Crippen molar-refractivity contribution in [2.24, 2.45) is 5.16 Å². The van der Waals surface area contributed by atoms with E-state index in [1.807, 2.05) is 0 Å². The van der Waals surface area contributed by atoms with Gasteiger partial charge in [-0.2, -0.15) is 26.3 Å². The summed E-state index contributed by atoms with van der Waals surface area (Å²) in [6, 6.07) is 0.458. The average molecular weight is 315 g/mol. The van der Waals surface area contributed by atoms with Crippen molar-refractivity contribution < 1.29 is 41.5 Å². The fourth-order valence-electron chi connectivity index (χ4n) is 1.46. The van der Waals surface area contributed by atoms with Crippen LogP contribution in [0.5, 0.6) is 0 Å². The summed E-state index contributed by atoms with van der Waals surface area (Å²) >= 11 is 0. The van der Waals surface area contributed by atoms with E-state index in [0.717, 1.165) is 0 Å². The minimum Gasteiger partial charge on any atom is -0.481 e. The third-order valence-electron chi connectivity index (χ3n) is 2.36. The van der Waals surface area contributed by atoms with Crippen molar-refractivity contribution >= 4 is 11.7 Å². The van der Waals surface area contributed by atoms with Gasteiger partial charge in [-0.05, 0) is 18.2 Å². The Hall–Kier alpha value is -2.26. The highest BCUT2D eigenvalue weighted by Gasteiger charge is 2.37. The Bertz CT molecular complexity index is 544. The van der Waals surface area contributed by atoms with Gasteiger partial charge in [0.2, 0.25) is 0 Å².